The van der Waals surface area contributed by atoms with Crippen molar-refractivity contribution >= 4 is 5.71 Å². The quantitative estimate of drug-likeness (QED) is 0.684. The second-order valence-electron chi connectivity index (χ2n) is 5.91. The summed E-state index contributed by atoms with van der Waals surface area (Å²) in [5, 5.41) is 0. The number of aliphatic imine (C=N–C) groups is 1. The summed E-state index contributed by atoms with van der Waals surface area (Å²) in [5.74, 6) is 0. The fraction of sp³-hybridized carbons (Fsp3) is 0.529. The van der Waals surface area contributed by atoms with Crippen molar-refractivity contribution in [2.45, 2.75) is 58.4 Å². The summed E-state index contributed by atoms with van der Waals surface area (Å²) in [6, 6.07) is 2.60. The minimum absolute atomic E-state index is 0.311. The number of hydrogen-bond donors (Lipinski definition) is 0. The average molecular weight is 254 g/mol. The van der Waals surface area contributed by atoms with E-state index < -0.39 is 0 Å². The first kappa shape index (κ1) is 12.6. The third-order valence-corrected chi connectivity index (χ3v) is 4.21. The van der Waals surface area contributed by atoms with Crippen molar-refractivity contribution in [2.24, 2.45) is 4.99 Å². The van der Waals surface area contributed by atoms with Crippen LogP contribution >= 0.6 is 0 Å². The lowest BCUT2D eigenvalue weighted by Gasteiger charge is -2.23. The van der Waals surface area contributed by atoms with E-state index in [0.29, 0.717) is 6.04 Å². The highest BCUT2D eigenvalue weighted by Crippen LogP contribution is 2.32. The standard InChI is InChI=1S/C17H22N2/c1-12-6-8-15(9-7-12)19-16-5-3-4-14-10-13(2)11-18-17(14)16/h6,10-11,16H,3-5,7-9H2,1-2H3. The predicted molar refractivity (Wildman–Crippen MR) is 79.7 cm³/mol. The summed E-state index contributed by atoms with van der Waals surface area (Å²) in [6.07, 6.45) is 11.3. The SMILES string of the molecule is CC1=CCC(=NC2CCCc3cc(C)cnc32)CC1. The highest BCUT2D eigenvalue weighted by atomic mass is 14.9. The number of aromatic nitrogens is 1. The predicted octanol–water partition coefficient (Wildman–Crippen LogP) is 4.34. The zero-order valence-electron chi connectivity index (χ0n) is 11.9. The number of rotatable bonds is 1. The summed E-state index contributed by atoms with van der Waals surface area (Å²) < 4.78 is 0. The van der Waals surface area contributed by atoms with E-state index in [4.69, 9.17) is 4.99 Å². The van der Waals surface area contributed by atoms with E-state index in [2.05, 4.69) is 31.0 Å². The van der Waals surface area contributed by atoms with Gasteiger partial charge in [-0.25, -0.2) is 0 Å². The van der Waals surface area contributed by atoms with E-state index in [1.807, 2.05) is 6.20 Å². The molecule has 1 unspecified atom stereocenters. The van der Waals surface area contributed by atoms with Crippen molar-refractivity contribution in [1.82, 2.24) is 4.98 Å². The normalized spacial score (nSPS) is 25.1. The Balaban J connectivity index is 1.86. The van der Waals surface area contributed by atoms with Crippen LogP contribution < -0.4 is 0 Å². The molecule has 3 rings (SSSR count). The molecule has 0 saturated heterocycles. The van der Waals surface area contributed by atoms with Crippen LogP contribution in [0.5, 0.6) is 0 Å². The van der Waals surface area contributed by atoms with Gasteiger partial charge in [-0.1, -0.05) is 17.7 Å². The molecule has 2 aliphatic carbocycles. The Labute approximate surface area is 115 Å². The van der Waals surface area contributed by atoms with Crippen LogP contribution in [-0.4, -0.2) is 10.7 Å². The van der Waals surface area contributed by atoms with Crippen molar-refractivity contribution in [3.63, 3.8) is 0 Å². The van der Waals surface area contributed by atoms with Gasteiger partial charge in [-0.15, -0.1) is 0 Å². The van der Waals surface area contributed by atoms with E-state index in [1.54, 1.807) is 0 Å². The molecule has 0 radical (unpaired) electrons. The third-order valence-electron chi connectivity index (χ3n) is 4.21. The van der Waals surface area contributed by atoms with Crippen LogP contribution in [-0.2, 0) is 6.42 Å². The minimum atomic E-state index is 0.311. The molecule has 0 fully saturated rings. The van der Waals surface area contributed by atoms with Gasteiger partial charge in [0.05, 0.1) is 11.7 Å². The molecule has 0 spiro atoms. The van der Waals surface area contributed by atoms with Crippen molar-refractivity contribution < 1.29 is 0 Å². The lowest BCUT2D eigenvalue weighted by atomic mass is 9.90. The summed E-state index contributed by atoms with van der Waals surface area (Å²) in [6.45, 7) is 4.34. The lowest BCUT2D eigenvalue weighted by molar-refractivity contribution is 0.553. The second-order valence-corrected chi connectivity index (χ2v) is 5.91. The van der Waals surface area contributed by atoms with Gasteiger partial charge in [0.1, 0.15) is 0 Å². The molecular formula is C17H22N2. The second kappa shape index (κ2) is 5.28. The molecule has 0 aliphatic heterocycles. The highest BCUT2D eigenvalue weighted by Gasteiger charge is 2.21. The summed E-state index contributed by atoms with van der Waals surface area (Å²) in [7, 11) is 0. The maximum absolute atomic E-state index is 5.01. The molecule has 0 N–H and O–H groups in total. The van der Waals surface area contributed by atoms with Crippen LogP contribution in [0, 0.1) is 6.92 Å². The number of nitrogens with zero attached hydrogens (tertiary/aromatic N) is 2. The third kappa shape index (κ3) is 2.78. The van der Waals surface area contributed by atoms with Gasteiger partial charge < -0.3 is 0 Å². The number of allylic oxidation sites excluding steroid dienone is 2. The molecule has 1 atom stereocenters. The monoisotopic (exact) mass is 254 g/mol. The first-order valence-corrected chi connectivity index (χ1v) is 7.39. The first-order chi connectivity index (χ1) is 9.22. The van der Waals surface area contributed by atoms with E-state index in [9.17, 15) is 0 Å². The van der Waals surface area contributed by atoms with Gasteiger partial charge in [0.2, 0.25) is 0 Å². The van der Waals surface area contributed by atoms with Crippen LogP contribution in [0.1, 0.15) is 61.9 Å². The largest absolute Gasteiger partial charge is 0.284 e. The fourth-order valence-electron chi connectivity index (χ4n) is 3.06. The molecule has 0 bridgehead atoms. The Morgan fingerprint density at radius 2 is 2.11 bits per heavy atom. The zero-order chi connectivity index (χ0) is 13.2. The number of fused-ring (bicyclic) bond motifs is 1. The van der Waals surface area contributed by atoms with Crippen molar-refractivity contribution in [2.75, 3.05) is 0 Å². The minimum Gasteiger partial charge on any atom is -0.284 e. The van der Waals surface area contributed by atoms with E-state index >= 15 is 0 Å². The maximum atomic E-state index is 5.01. The Bertz CT molecular complexity index is 540. The van der Waals surface area contributed by atoms with Crippen molar-refractivity contribution in [3.8, 4) is 0 Å². The molecule has 19 heavy (non-hydrogen) atoms. The van der Waals surface area contributed by atoms with E-state index in [-0.39, 0.29) is 0 Å². The molecular weight excluding hydrogens is 232 g/mol. The Morgan fingerprint density at radius 3 is 2.89 bits per heavy atom. The topological polar surface area (TPSA) is 25.2 Å². The van der Waals surface area contributed by atoms with Gasteiger partial charge in [-0.05, 0) is 57.1 Å². The van der Waals surface area contributed by atoms with Crippen LogP contribution in [0.15, 0.2) is 28.9 Å². The van der Waals surface area contributed by atoms with Crippen molar-refractivity contribution in [3.05, 3.63) is 40.7 Å². The molecule has 0 amide bonds. The molecule has 0 saturated carbocycles. The molecule has 2 aliphatic rings. The number of aryl methyl sites for hydroxylation is 2. The van der Waals surface area contributed by atoms with Crippen LogP contribution in [0.4, 0.5) is 0 Å². The van der Waals surface area contributed by atoms with Gasteiger partial charge in [0, 0.05) is 18.3 Å². The molecule has 0 aromatic carbocycles. The number of hydrogen-bond acceptors (Lipinski definition) is 2. The van der Waals surface area contributed by atoms with Gasteiger partial charge >= 0.3 is 0 Å². The Hall–Kier alpha value is -1.44. The number of pyridine rings is 1. The Morgan fingerprint density at radius 1 is 1.21 bits per heavy atom. The molecule has 100 valence electrons. The molecule has 1 aromatic rings. The maximum Gasteiger partial charge on any atom is 0.0921 e. The first-order valence-electron chi connectivity index (χ1n) is 7.39. The van der Waals surface area contributed by atoms with Crippen LogP contribution in [0.25, 0.3) is 0 Å². The molecule has 2 nitrogen and oxygen atoms in total. The summed E-state index contributed by atoms with van der Waals surface area (Å²) in [4.78, 5) is 9.67. The molecule has 1 aromatic heterocycles. The lowest BCUT2D eigenvalue weighted by Crippen LogP contribution is -2.13. The smallest absolute Gasteiger partial charge is 0.0921 e. The van der Waals surface area contributed by atoms with Gasteiger partial charge in [-0.2, -0.15) is 0 Å². The molecule has 1 heterocycles. The van der Waals surface area contributed by atoms with Gasteiger partial charge in [0.15, 0.2) is 0 Å². The average Bonchev–Trinajstić information content (AvgIpc) is 2.41. The van der Waals surface area contributed by atoms with E-state index in [1.165, 1.54) is 47.4 Å². The van der Waals surface area contributed by atoms with Gasteiger partial charge in [0.25, 0.3) is 0 Å². The van der Waals surface area contributed by atoms with E-state index in [0.717, 1.165) is 19.3 Å². The van der Waals surface area contributed by atoms with Crippen LogP contribution in [0.3, 0.4) is 0 Å². The zero-order valence-corrected chi connectivity index (χ0v) is 11.9. The Kier molecular flexibility index (Phi) is 3.50. The summed E-state index contributed by atoms with van der Waals surface area (Å²) in [5.41, 5.74) is 6.80. The van der Waals surface area contributed by atoms with Crippen LogP contribution in [0.2, 0.25) is 0 Å². The molecule has 2 heteroatoms. The highest BCUT2D eigenvalue weighted by molar-refractivity contribution is 5.87. The summed E-state index contributed by atoms with van der Waals surface area (Å²) >= 11 is 0. The van der Waals surface area contributed by atoms with Gasteiger partial charge in [-0.3, -0.25) is 9.98 Å². The fourth-order valence-corrected chi connectivity index (χ4v) is 3.06. The van der Waals surface area contributed by atoms with Crippen molar-refractivity contribution in [1.29, 1.82) is 0 Å².